The van der Waals surface area contributed by atoms with Crippen LogP contribution in [0.4, 0.5) is 0 Å². The molecule has 6 nitrogen and oxygen atoms in total. The van der Waals surface area contributed by atoms with Crippen LogP contribution in [-0.4, -0.2) is 52.8 Å². The van der Waals surface area contributed by atoms with E-state index in [1.54, 1.807) is 29.2 Å². The maximum Gasteiger partial charge on any atom is 0.295 e. The molecule has 1 atom stereocenters. The molecule has 7 heteroatoms. The molecule has 36 heavy (non-hydrogen) atoms. The SMILES string of the molecule is CCN(CC)CCN1C(=O)C(=O)/C(=C(\O)c2ccc(OCc3cccc(C)c3)cc2)C1c1cccs1. The Labute approximate surface area is 216 Å². The summed E-state index contributed by atoms with van der Waals surface area (Å²) in [4.78, 5) is 30.8. The van der Waals surface area contributed by atoms with Crippen LogP contribution in [0.2, 0.25) is 0 Å². The molecule has 4 rings (SSSR count). The molecule has 1 fully saturated rings. The molecule has 1 aromatic heterocycles. The fourth-order valence-corrected chi connectivity index (χ4v) is 5.32. The average molecular weight is 505 g/mol. The van der Waals surface area contributed by atoms with Crippen LogP contribution in [0, 0.1) is 6.92 Å². The molecule has 3 aromatic rings. The van der Waals surface area contributed by atoms with Gasteiger partial charge in [-0.05, 0) is 61.3 Å². The Hall–Kier alpha value is -3.42. The van der Waals surface area contributed by atoms with Crippen molar-refractivity contribution < 1.29 is 19.4 Å². The largest absolute Gasteiger partial charge is 0.507 e. The standard InChI is InChI=1S/C29H32N2O4S/c1-4-30(5-2)15-16-31-26(24-10-7-17-36-24)25(28(33)29(31)34)27(32)22-11-13-23(14-12-22)35-19-21-9-6-8-20(3)18-21/h6-14,17-18,26,32H,4-5,15-16,19H2,1-3H3/b27-25-. The van der Waals surface area contributed by atoms with Gasteiger partial charge in [-0.3, -0.25) is 9.59 Å². The number of aryl methyl sites for hydroxylation is 1. The molecular weight excluding hydrogens is 472 g/mol. The second-order valence-electron chi connectivity index (χ2n) is 8.84. The van der Waals surface area contributed by atoms with E-state index in [1.165, 1.54) is 16.9 Å². The quantitative estimate of drug-likeness (QED) is 0.227. The van der Waals surface area contributed by atoms with Crippen LogP contribution in [0.5, 0.6) is 5.75 Å². The minimum atomic E-state index is -0.648. The molecule has 1 saturated heterocycles. The van der Waals surface area contributed by atoms with Gasteiger partial charge < -0.3 is 19.6 Å². The first-order valence-electron chi connectivity index (χ1n) is 12.3. The Balaban J connectivity index is 1.59. The number of thiophene rings is 1. The monoisotopic (exact) mass is 504 g/mol. The molecule has 2 heterocycles. The number of aliphatic hydroxyl groups is 1. The summed E-state index contributed by atoms with van der Waals surface area (Å²) < 4.78 is 5.89. The highest BCUT2D eigenvalue weighted by molar-refractivity contribution is 7.10. The van der Waals surface area contributed by atoms with Gasteiger partial charge in [0.1, 0.15) is 18.1 Å². The maximum absolute atomic E-state index is 13.1. The molecule has 1 N–H and O–H groups in total. The Morgan fingerprint density at radius 3 is 2.44 bits per heavy atom. The predicted octanol–water partition coefficient (Wildman–Crippen LogP) is 5.40. The van der Waals surface area contributed by atoms with Gasteiger partial charge >= 0.3 is 0 Å². The van der Waals surface area contributed by atoms with Crippen molar-refractivity contribution >= 4 is 28.8 Å². The molecule has 2 aromatic carbocycles. The highest BCUT2D eigenvalue weighted by atomic mass is 32.1. The lowest BCUT2D eigenvalue weighted by molar-refractivity contribution is -0.140. The highest BCUT2D eigenvalue weighted by Gasteiger charge is 2.46. The third-order valence-electron chi connectivity index (χ3n) is 6.52. The Bertz CT molecular complexity index is 1230. The second kappa shape index (κ2) is 11.5. The third-order valence-corrected chi connectivity index (χ3v) is 7.44. The maximum atomic E-state index is 13.1. The number of ketones is 1. The van der Waals surface area contributed by atoms with Crippen LogP contribution < -0.4 is 4.74 Å². The van der Waals surface area contributed by atoms with Gasteiger partial charge in [0.25, 0.3) is 11.7 Å². The van der Waals surface area contributed by atoms with Gasteiger partial charge in [-0.15, -0.1) is 11.3 Å². The van der Waals surface area contributed by atoms with E-state index >= 15 is 0 Å². The van der Waals surface area contributed by atoms with Crippen LogP contribution in [0.15, 0.2) is 71.6 Å². The molecule has 0 radical (unpaired) electrons. The van der Waals surface area contributed by atoms with Crippen molar-refractivity contribution in [2.24, 2.45) is 0 Å². The molecule has 1 aliphatic heterocycles. The van der Waals surface area contributed by atoms with Crippen molar-refractivity contribution in [3.8, 4) is 5.75 Å². The van der Waals surface area contributed by atoms with Gasteiger partial charge in [-0.25, -0.2) is 0 Å². The minimum Gasteiger partial charge on any atom is -0.507 e. The number of Topliss-reactive ketones (excluding diaryl/α,β-unsaturated/α-hetero) is 1. The number of hydrogen-bond donors (Lipinski definition) is 1. The van der Waals surface area contributed by atoms with Crippen molar-refractivity contribution in [2.45, 2.75) is 33.4 Å². The van der Waals surface area contributed by atoms with Gasteiger partial charge in [0.15, 0.2) is 0 Å². The average Bonchev–Trinajstić information content (AvgIpc) is 3.50. The molecule has 0 bridgehead atoms. The lowest BCUT2D eigenvalue weighted by Gasteiger charge is -2.27. The topological polar surface area (TPSA) is 70.1 Å². The summed E-state index contributed by atoms with van der Waals surface area (Å²) >= 11 is 1.47. The summed E-state index contributed by atoms with van der Waals surface area (Å²) in [5, 5.41) is 13.1. The first-order chi connectivity index (χ1) is 17.4. The number of carbonyl (C=O) groups is 2. The molecule has 1 amide bonds. The predicted molar refractivity (Wildman–Crippen MR) is 143 cm³/mol. The number of likely N-dealkylation sites (N-methyl/N-ethyl adjacent to an activating group) is 1. The van der Waals surface area contributed by atoms with E-state index in [-0.39, 0.29) is 11.3 Å². The summed E-state index contributed by atoms with van der Waals surface area (Å²) in [6.45, 7) is 9.42. The van der Waals surface area contributed by atoms with E-state index in [2.05, 4.69) is 24.8 Å². The van der Waals surface area contributed by atoms with Gasteiger partial charge in [0.2, 0.25) is 0 Å². The van der Waals surface area contributed by atoms with Crippen LogP contribution in [0.3, 0.4) is 0 Å². The Morgan fingerprint density at radius 2 is 1.81 bits per heavy atom. The Kier molecular flexibility index (Phi) is 8.23. The summed E-state index contributed by atoms with van der Waals surface area (Å²) in [5.41, 5.74) is 2.85. The van der Waals surface area contributed by atoms with E-state index in [0.717, 1.165) is 23.5 Å². The molecule has 0 aliphatic carbocycles. The molecule has 0 saturated carbocycles. The number of rotatable bonds is 10. The normalized spacial score (nSPS) is 17.2. The summed E-state index contributed by atoms with van der Waals surface area (Å²) in [6, 6.07) is 18.3. The summed E-state index contributed by atoms with van der Waals surface area (Å²) in [7, 11) is 0. The lowest BCUT2D eigenvalue weighted by atomic mass is 10.00. The first-order valence-corrected chi connectivity index (χ1v) is 13.1. The van der Waals surface area contributed by atoms with Gasteiger partial charge in [0, 0.05) is 23.5 Å². The fraction of sp³-hybridized carbons (Fsp3) is 0.310. The molecule has 188 valence electrons. The van der Waals surface area contributed by atoms with E-state index in [4.69, 9.17) is 4.74 Å². The summed E-state index contributed by atoms with van der Waals surface area (Å²) in [6.07, 6.45) is 0. The van der Waals surface area contributed by atoms with Gasteiger partial charge in [0.05, 0.1) is 11.6 Å². The van der Waals surface area contributed by atoms with Crippen molar-refractivity contribution in [1.82, 2.24) is 9.80 Å². The van der Waals surface area contributed by atoms with Gasteiger partial charge in [-0.2, -0.15) is 0 Å². The first kappa shape index (κ1) is 25.7. The van der Waals surface area contributed by atoms with Crippen molar-refractivity contribution in [3.63, 3.8) is 0 Å². The van der Waals surface area contributed by atoms with E-state index < -0.39 is 17.7 Å². The summed E-state index contributed by atoms with van der Waals surface area (Å²) in [5.74, 6) is -0.727. The smallest absolute Gasteiger partial charge is 0.295 e. The number of benzene rings is 2. The zero-order chi connectivity index (χ0) is 25.7. The van der Waals surface area contributed by atoms with Crippen LogP contribution in [0.25, 0.3) is 5.76 Å². The molecular formula is C29H32N2O4S. The highest BCUT2D eigenvalue weighted by Crippen LogP contribution is 2.41. The second-order valence-corrected chi connectivity index (χ2v) is 9.82. The fourth-order valence-electron chi connectivity index (χ4n) is 4.48. The zero-order valence-corrected chi connectivity index (χ0v) is 21.8. The van der Waals surface area contributed by atoms with E-state index in [9.17, 15) is 14.7 Å². The van der Waals surface area contributed by atoms with Crippen molar-refractivity contribution in [3.05, 3.63) is 93.2 Å². The molecule has 1 unspecified atom stereocenters. The number of aliphatic hydroxyl groups excluding tert-OH is 1. The number of amides is 1. The van der Waals surface area contributed by atoms with Crippen LogP contribution >= 0.6 is 11.3 Å². The number of likely N-dealkylation sites (tertiary alicyclic amines) is 1. The molecule has 0 spiro atoms. The molecule has 1 aliphatic rings. The van der Waals surface area contributed by atoms with Crippen molar-refractivity contribution in [1.29, 1.82) is 0 Å². The van der Waals surface area contributed by atoms with E-state index in [1.807, 2.05) is 42.6 Å². The van der Waals surface area contributed by atoms with E-state index in [0.29, 0.717) is 31.0 Å². The van der Waals surface area contributed by atoms with Crippen LogP contribution in [0.1, 0.15) is 41.5 Å². The van der Waals surface area contributed by atoms with Crippen LogP contribution in [-0.2, 0) is 16.2 Å². The zero-order valence-electron chi connectivity index (χ0n) is 20.9. The lowest BCUT2D eigenvalue weighted by Crippen LogP contribution is -2.37. The third kappa shape index (κ3) is 5.53. The Morgan fingerprint density at radius 1 is 1.06 bits per heavy atom. The number of ether oxygens (including phenoxy) is 1. The number of hydrogen-bond acceptors (Lipinski definition) is 6. The number of nitrogens with zero attached hydrogens (tertiary/aromatic N) is 2. The minimum absolute atomic E-state index is 0.135. The number of carbonyl (C=O) groups excluding carboxylic acids is 2. The van der Waals surface area contributed by atoms with Crippen molar-refractivity contribution in [2.75, 3.05) is 26.2 Å². The van der Waals surface area contributed by atoms with Gasteiger partial charge in [-0.1, -0.05) is 49.7 Å².